The molecule has 1 heterocycles. The van der Waals surface area contributed by atoms with Crippen molar-refractivity contribution in [1.82, 2.24) is 0 Å². The molecular formula is C5H7NO2. The standard InChI is InChI=1S/C5H7NO2/c6-5(4-7)2-1-3-8-5/h1-2,4H,3,6H2. The number of carbonyl (C=O) groups is 1. The molecule has 8 heavy (non-hydrogen) atoms. The molecule has 1 rings (SSSR count). The molecule has 1 aliphatic heterocycles. The van der Waals surface area contributed by atoms with Crippen LogP contribution in [0.3, 0.4) is 0 Å². The lowest BCUT2D eigenvalue weighted by Gasteiger charge is -2.11. The maximum absolute atomic E-state index is 10.0. The van der Waals surface area contributed by atoms with E-state index in [1.165, 1.54) is 0 Å². The number of hydrogen-bond acceptors (Lipinski definition) is 3. The second-order valence-electron chi connectivity index (χ2n) is 1.68. The zero-order valence-corrected chi connectivity index (χ0v) is 4.33. The highest BCUT2D eigenvalue weighted by molar-refractivity contribution is 5.65. The van der Waals surface area contributed by atoms with Crippen molar-refractivity contribution >= 4 is 6.29 Å². The molecule has 1 atom stereocenters. The molecule has 2 N–H and O–H groups in total. The summed E-state index contributed by atoms with van der Waals surface area (Å²) < 4.78 is 4.79. The fourth-order valence-corrected chi connectivity index (χ4v) is 0.546. The first-order valence-corrected chi connectivity index (χ1v) is 2.34. The second kappa shape index (κ2) is 1.69. The van der Waals surface area contributed by atoms with Gasteiger partial charge in [0.15, 0.2) is 12.0 Å². The summed E-state index contributed by atoms with van der Waals surface area (Å²) in [6.45, 7) is 0.440. The minimum atomic E-state index is -1.12. The minimum absolute atomic E-state index is 0.440. The maximum Gasteiger partial charge on any atom is 0.192 e. The van der Waals surface area contributed by atoms with Gasteiger partial charge in [-0.2, -0.15) is 0 Å². The average Bonchev–Trinajstić information content (AvgIpc) is 2.17. The largest absolute Gasteiger partial charge is 0.346 e. The van der Waals surface area contributed by atoms with Crippen LogP contribution in [0.4, 0.5) is 0 Å². The predicted octanol–water partition coefficient (Wildman–Crippen LogP) is -0.573. The predicted molar refractivity (Wildman–Crippen MR) is 28.1 cm³/mol. The van der Waals surface area contributed by atoms with Crippen LogP contribution < -0.4 is 5.73 Å². The van der Waals surface area contributed by atoms with Crippen LogP contribution in [0.15, 0.2) is 12.2 Å². The van der Waals surface area contributed by atoms with Gasteiger partial charge in [0.25, 0.3) is 0 Å². The van der Waals surface area contributed by atoms with Crippen molar-refractivity contribution < 1.29 is 9.53 Å². The molecule has 0 amide bonds. The van der Waals surface area contributed by atoms with E-state index in [2.05, 4.69) is 0 Å². The van der Waals surface area contributed by atoms with E-state index in [1.54, 1.807) is 12.2 Å². The maximum atomic E-state index is 10.0. The Morgan fingerprint density at radius 2 is 2.62 bits per heavy atom. The molecule has 0 aromatic carbocycles. The summed E-state index contributed by atoms with van der Waals surface area (Å²) in [5.41, 5.74) is 4.16. The molecule has 0 saturated carbocycles. The Morgan fingerprint density at radius 3 is 2.88 bits per heavy atom. The first-order chi connectivity index (χ1) is 3.77. The summed E-state index contributed by atoms with van der Waals surface area (Å²) in [7, 11) is 0. The van der Waals surface area contributed by atoms with Gasteiger partial charge in [-0.15, -0.1) is 0 Å². The number of aldehydes is 1. The third kappa shape index (κ3) is 0.778. The molecule has 0 aromatic heterocycles. The molecule has 3 heteroatoms. The summed E-state index contributed by atoms with van der Waals surface area (Å²) in [6.07, 6.45) is 3.84. The van der Waals surface area contributed by atoms with Crippen LogP contribution in [-0.2, 0) is 9.53 Å². The Kier molecular flexibility index (Phi) is 1.15. The smallest absolute Gasteiger partial charge is 0.192 e. The van der Waals surface area contributed by atoms with Gasteiger partial charge in [0.2, 0.25) is 0 Å². The van der Waals surface area contributed by atoms with Gasteiger partial charge < -0.3 is 4.74 Å². The molecule has 0 saturated heterocycles. The van der Waals surface area contributed by atoms with Crippen molar-refractivity contribution in [2.45, 2.75) is 5.72 Å². The third-order valence-electron chi connectivity index (χ3n) is 0.992. The normalized spacial score (nSPS) is 35.6. The molecule has 0 bridgehead atoms. The number of ether oxygens (including phenoxy) is 1. The third-order valence-corrected chi connectivity index (χ3v) is 0.992. The van der Waals surface area contributed by atoms with Crippen molar-refractivity contribution in [3.63, 3.8) is 0 Å². The minimum Gasteiger partial charge on any atom is -0.346 e. The van der Waals surface area contributed by atoms with Crippen LogP contribution in [0.1, 0.15) is 0 Å². The van der Waals surface area contributed by atoms with Crippen molar-refractivity contribution in [2.24, 2.45) is 5.73 Å². The van der Waals surface area contributed by atoms with Crippen molar-refractivity contribution in [3.05, 3.63) is 12.2 Å². The average molecular weight is 113 g/mol. The summed E-state index contributed by atoms with van der Waals surface area (Å²) in [5.74, 6) is 0. The SMILES string of the molecule is NC1(C=O)C=CCO1. The van der Waals surface area contributed by atoms with Crippen LogP contribution in [-0.4, -0.2) is 18.6 Å². The highest BCUT2D eigenvalue weighted by Gasteiger charge is 2.23. The van der Waals surface area contributed by atoms with Crippen molar-refractivity contribution in [2.75, 3.05) is 6.61 Å². The van der Waals surface area contributed by atoms with Crippen LogP contribution >= 0.6 is 0 Å². The zero-order chi connectivity index (χ0) is 6.04. The highest BCUT2D eigenvalue weighted by atomic mass is 16.5. The van der Waals surface area contributed by atoms with Crippen LogP contribution in [0.5, 0.6) is 0 Å². The van der Waals surface area contributed by atoms with Crippen molar-refractivity contribution in [1.29, 1.82) is 0 Å². The molecular weight excluding hydrogens is 106 g/mol. The second-order valence-corrected chi connectivity index (χ2v) is 1.68. The summed E-state index contributed by atoms with van der Waals surface area (Å²) >= 11 is 0. The van der Waals surface area contributed by atoms with E-state index in [0.717, 1.165) is 0 Å². The zero-order valence-electron chi connectivity index (χ0n) is 4.33. The Hall–Kier alpha value is -0.670. The van der Waals surface area contributed by atoms with Gasteiger partial charge in [-0.3, -0.25) is 10.5 Å². The highest BCUT2D eigenvalue weighted by Crippen LogP contribution is 2.07. The Bertz CT molecular complexity index is 132. The van der Waals surface area contributed by atoms with Crippen LogP contribution in [0.25, 0.3) is 0 Å². The molecule has 0 fully saturated rings. The fourth-order valence-electron chi connectivity index (χ4n) is 0.546. The molecule has 0 aromatic rings. The van der Waals surface area contributed by atoms with Gasteiger partial charge in [0.05, 0.1) is 6.61 Å². The van der Waals surface area contributed by atoms with Crippen molar-refractivity contribution in [3.8, 4) is 0 Å². The van der Waals surface area contributed by atoms with E-state index >= 15 is 0 Å². The molecule has 0 aliphatic carbocycles. The number of carbonyl (C=O) groups excluding carboxylic acids is 1. The number of rotatable bonds is 1. The lowest BCUT2D eigenvalue weighted by Crippen LogP contribution is -2.39. The van der Waals surface area contributed by atoms with E-state index in [0.29, 0.717) is 12.9 Å². The summed E-state index contributed by atoms with van der Waals surface area (Å²) in [6, 6.07) is 0. The van der Waals surface area contributed by atoms with Gasteiger partial charge in [0, 0.05) is 0 Å². The topological polar surface area (TPSA) is 52.3 Å². The summed E-state index contributed by atoms with van der Waals surface area (Å²) in [4.78, 5) is 10.0. The molecule has 1 aliphatic rings. The summed E-state index contributed by atoms with van der Waals surface area (Å²) in [5, 5.41) is 0. The molecule has 0 spiro atoms. The van der Waals surface area contributed by atoms with E-state index < -0.39 is 5.72 Å². The van der Waals surface area contributed by atoms with Gasteiger partial charge in [0.1, 0.15) is 0 Å². The van der Waals surface area contributed by atoms with Gasteiger partial charge in [-0.05, 0) is 6.08 Å². The van der Waals surface area contributed by atoms with Gasteiger partial charge >= 0.3 is 0 Å². The number of nitrogens with two attached hydrogens (primary N) is 1. The molecule has 44 valence electrons. The lowest BCUT2D eigenvalue weighted by molar-refractivity contribution is -0.122. The van der Waals surface area contributed by atoms with E-state index in [4.69, 9.17) is 10.5 Å². The Morgan fingerprint density at radius 1 is 1.88 bits per heavy atom. The monoisotopic (exact) mass is 113 g/mol. The Labute approximate surface area is 47.1 Å². The molecule has 3 nitrogen and oxygen atoms in total. The van der Waals surface area contributed by atoms with Crippen LogP contribution in [0, 0.1) is 0 Å². The first kappa shape index (κ1) is 5.47. The van der Waals surface area contributed by atoms with Crippen LogP contribution in [0.2, 0.25) is 0 Å². The quantitative estimate of drug-likeness (QED) is 0.366. The van der Waals surface area contributed by atoms with E-state index in [-0.39, 0.29) is 0 Å². The Balaban J connectivity index is 2.67. The van der Waals surface area contributed by atoms with E-state index in [1.807, 2.05) is 0 Å². The lowest BCUT2D eigenvalue weighted by atomic mass is 10.3. The fraction of sp³-hybridized carbons (Fsp3) is 0.400. The number of hydrogen-bond donors (Lipinski definition) is 1. The first-order valence-electron chi connectivity index (χ1n) is 2.34. The molecule has 0 radical (unpaired) electrons. The van der Waals surface area contributed by atoms with E-state index in [9.17, 15) is 4.79 Å². The molecule has 1 unspecified atom stereocenters. The van der Waals surface area contributed by atoms with Gasteiger partial charge in [-0.25, -0.2) is 0 Å². The van der Waals surface area contributed by atoms with Gasteiger partial charge in [-0.1, -0.05) is 6.08 Å².